The van der Waals surface area contributed by atoms with Crippen LogP contribution in [0.1, 0.15) is 45.6 Å². The van der Waals surface area contributed by atoms with Crippen LogP contribution in [-0.2, 0) is 4.79 Å². The highest BCUT2D eigenvalue weighted by atomic mass is 16.5. The van der Waals surface area contributed by atoms with Crippen molar-refractivity contribution in [2.24, 2.45) is 0 Å². The van der Waals surface area contributed by atoms with Crippen LogP contribution < -0.4 is 4.74 Å². The largest absolute Gasteiger partial charge is 0.480 e. The molecule has 0 spiro atoms. The normalized spacial score (nSPS) is 23.2. The molecule has 3 atom stereocenters. The molecule has 0 radical (unpaired) electrons. The Kier molecular flexibility index (Phi) is 4.85. The summed E-state index contributed by atoms with van der Waals surface area (Å²) < 4.78 is 5.73. The maximum atomic E-state index is 12.6. The van der Waals surface area contributed by atoms with Gasteiger partial charge in [0.05, 0.1) is 5.56 Å². The fraction of sp³-hybridized carbons (Fsp3) is 0.529. The molecule has 2 rings (SSSR count). The molecule has 1 heterocycles. The van der Waals surface area contributed by atoms with Crippen molar-refractivity contribution >= 4 is 5.91 Å². The van der Waals surface area contributed by atoms with Crippen LogP contribution in [0.15, 0.2) is 24.3 Å². The van der Waals surface area contributed by atoms with Crippen molar-refractivity contribution in [2.45, 2.75) is 58.2 Å². The molecule has 1 aliphatic rings. The lowest BCUT2D eigenvalue weighted by Crippen LogP contribution is -2.51. The zero-order valence-electron chi connectivity index (χ0n) is 12.9. The number of nitriles is 1. The van der Waals surface area contributed by atoms with E-state index in [0.717, 1.165) is 12.8 Å². The van der Waals surface area contributed by atoms with E-state index in [2.05, 4.69) is 19.9 Å². The van der Waals surface area contributed by atoms with Gasteiger partial charge in [-0.1, -0.05) is 12.1 Å². The number of carbonyl (C=O) groups excluding carboxylic acids is 1. The lowest BCUT2D eigenvalue weighted by atomic mass is 9.97. The van der Waals surface area contributed by atoms with Gasteiger partial charge in [0.2, 0.25) is 0 Å². The molecule has 1 aliphatic heterocycles. The maximum absolute atomic E-state index is 12.6. The maximum Gasteiger partial charge on any atom is 0.263 e. The van der Waals surface area contributed by atoms with E-state index in [9.17, 15) is 4.79 Å². The molecule has 4 heteroatoms. The number of para-hydroxylation sites is 1. The molecule has 1 saturated heterocycles. The van der Waals surface area contributed by atoms with Crippen molar-refractivity contribution in [1.29, 1.82) is 5.26 Å². The van der Waals surface area contributed by atoms with Crippen molar-refractivity contribution in [3.8, 4) is 11.8 Å². The highest BCUT2D eigenvalue weighted by molar-refractivity contribution is 5.81. The summed E-state index contributed by atoms with van der Waals surface area (Å²) in [6.07, 6.45) is 2.66. The van der Waals surface area contributed by atoms with Crippen molar-refractivity contribution in [2.75, 3.05) is 0 Å². The Morgan fingerprint density at radius 3 is 2.57 bits per heavy atom. The summed E-state index contributed by atoms with van der Waals surface area (Å²) in [4.78, 5) is 14.6. The number of hydrogen-bond donors (Lipinski definition) is 0. The van der Waals surface area contributed by atoms with Crippen LogP contribution in [-0.4, -0.2) is 29.0 Å². The van der Waals surface area contributed by atoms with Crippen LogP contribution in [0, 0.1) is 11.3 Å². The molecule has 21 heavy (non-hydrogen) atoms. The van der Waals surface area contributed by atoms with Gasteiger partial charge in [-0.3, -0.25) is 4.79 Å². The Morgan fingerprint density at radius 1 is 1.33 bits per heavy atom. The first-order chi connectivity index (χ1) is 10.0. The highest BCUT2D eigenvalue weighted by Gasteiger charge is 2.32. The van der Waals surface area contributed by atoms with E-state index >= 15 is 0 Å². The Labute approximate surface area is 126 Å². The summed E-state index contributed by atoms with van der Waals surface area (Å²) in [5.74, 6) is 0.473. The minimum Gasteiger partial charge on any atom is -0.480 e. The Bertz CT molecular complexity index is 540. The SMILES string of the molecule is C[C@H](Oc1ccccc1C#N)C(=O)N1[C@H](C)CCC[C@@H]1C. The number of nitrogens with zero attached hydrogens (tertiary/aromatic N) is 2. The van der Waals surface area contributed by atoms with E-state index in [4.69, 9.17) is 10.00 Å². The van der Waals surface area contributed by atoms with Gasteiger partial charge in [0.1, 0.15) is 11.8 Å². The molecular formula is C17H22N2O2. The van der Waals surface area contributed by atoms with Crippen LogP contribution >= 0.6 is 0 Å². The fourth-order valence-electron chi connectivity index (χ4n) is 2.97. The monoisotopic (exact) mass is 286 g/mol. The second-order valence-corrected chi connectivity index (χ2v) is 5.74. The smallest absolute Gasteiger partial charge is 0.263 e. The van der Waals surface area contributed by atoms with E-state index in [0.29, 0.717) is 11.3 Å². The van der Waals surface area contributed by atoms with E-state index in [1.165, 1.54) is 6.42 Å². The third kappa shape index (κ3) is 3.36. The van der Waals surface area contributed by atoms with Gasteiger partial charge in [-0.2, -0.15) is 5.26 Å². The number of amides is 1. The number of likely N-dealkylation sites (tertiary alicyclic amines) is 1. The van der Waals surface area contributed by atoms with Crippen LogP contribution in [0.4, 0.5) is 0 Å². The predicted octanol–water partition coefficient (Wildman–Crippen LogP) is 3.12. The molecular weight excluding hydrogens is 264 g/mol. The molecule has 0 bridgehead atoms. The van der Waals surface area contributed by atoms with E-state index < -0.39 is 6.10 Å². The molecule has 0 aliphatic carbocycles. The third-order valence-corrected chi connectivity index (χ3v) is 4.11. The zero-order chi connectivity index (χ0) is 15.4. The fourth-order valence-corrected chi connectivity index (χ4v) is 2.97. The molecule has 1 amide bonds. The summed E-state index contributed by atoms with van der Waals surface area (Å²) in [6.45, 7) is 5.93. The summed E-state index contributed by atoms with van der Waals surface area (Å²) in [5, 5.41) is 9.08. The van der Waals surface area contributed by atoms with Gasteiger partial charge in [0.25, 0.3) is 5.91 Å². The van der Waals surface area contributed by atoms with Crippen molar-refractivity contribution in [3.63, 3.8) is 0 Å². The average molecular weight is 286 g/mol. The summed E-state index contributed by atoms with van der Waals surface area (Å²) >= 11 is 0. The van der Waals surface area contributed by atoms with Gasteiger partial charge in [-0.05, 0) is 52.2 Å². The molecule has 0 unspecified atom stereocenters. The van der Waals surface area contributed by atoms with E-state index in [1.807, 2.05) is 4.90 Å². The topological polar surface area (TPSA) is 53.3 Å². The van der Waals surface area contributed by atoms with Crippen LogP contribution in [0.2, 0.25) is 0 Å². The molecule has 4 nitrogen and oxygen atoms in total. The second kappa shape index (κ2) is 6.62. The van der Waals surface area contributed by atoms with Gasteiger partial charge in [-0.15, -0.1) is 0 Å². The van der Waals surface area contributed by atoms with Crippen molar-refractivity contribution in [1.82, 2.24) is 4.90 Å². The van der Waals surface area contributed by atoms with Gasteiger partial charge in [0.15, 0.2) is 6.10 Å². The molecule has 1 fully saturated rings. The molecule has 1 aromatic rings. The zero-order valence-corrected chi connectivity index (χ0v) is 12.9. The minimum atomic E-state index is -0.581. The number of piperidine rings is 1. The molecule has 0 N–H and O–H groups in total. The van der Waals surface area contributed by atoms with Gasteiger partial charge in [0, 0.05) is 12.1 Å². The standard InChI is InChI=1S/C17H22N2O2/c1-12-7-6-8-13(2)19(12)17(20)14(3)21-16-10-5-4-9-15(16)11-18/h4-5,9-10,12-14H,6-8H2,1-3H3/t12-,13+,14-/m0/s1. The quantitative estimate of drug-likeness (QED) is 0.858. The van der Waals surface area contributed by atoms with Gasteiger partial charge >= 0.3 is 0 Å². The summed E-state index contributed by atoms with van der Waals surface area (Å²) in [5.41, 5.74) is 0.455. The second-order valence-electron chi connectivity index (χ2n) is 5.74. The Hall–Kier alpha value is -2.02. The van der Waals surface area contributed by atoms with Gasteiger partial charge < -0.3 is 9.64 Å². The number of benzene rings is 1. The van der Waals surface area contributed by atoms with Crippen LogP contribution in [0.3, 0.4) is 0 Å². The average Bonchev–Trinajstić information content (AvgIpc) is 2.47. The predicted molar refractivity (Wildman–Crippen MR) is 80.9 cm³/mol. The molecule has 0 aromatic heterocycles. The highest BCUT2D eigenvalue weighted by Crippen LogP contribution is 2.25. The molecule has 0 saturated carbocycles. The number of ether oxygens (including phenoxy) is 1. The van der Waals surface area contributed by atoms with Crippen LogP contribution in [0.25, 0.3) is 0 Å². The van der Waals surface area contributed by atoms with Gasteiger partial charge in [-0.25, -0.2) is 0 Å². The number of rotatable bonds is 3. The summed E-state index contributed by atoms with van der Waals surface area (Å²) in [7, 11) is 0. The first-order valence-electron chi connectivity index (χ1n) is 7.52. The lowest BCUT2D eigenvalue weighted by molar-refractivity contribution is -0.144. The van der Waals surface area contributed by atoms with Crippen molar-refractivity contribution in [3.05, 3.63) is 29.8 Å². The Morgan fingerprint density at radius 2 is 1.95 bits per heavy atom. The van der Waals surface area contributed by atoms with E-state index in [-0.39, 0.29) is 18.0 Å². The number of carbonyl (C=O) groups is 1. The first-order valence-corrected chi connectivity index (χ1v) is 7.52. The number of hydrogen-bond acceptors (Lipinski definition) is 3. The van der Waals surface area contributed by atoms with Crippen LogP contribution in [0.5, 0.6) is 5.75 Å². The third-order valence-electron chi connectivity index (χ3n) is 4.11. The molecule has 1 aromatic carbocycles. The van der Waals surface area contributed by atoms with E-state index in [1.54, 1.807) is 31.2 Å². The van der Waals surface area contributed by atoms with Crippen molar-refractivity contribution < 1.29 is 9.53 Å². The molecule has 112 valence electrons. The Balaban J connectivity index is 2.11. The summed E-state index contributed by atoms with van der Waals surface area (Å²) in [6, 6.07) is 9.59. The minimum absolute atomic E-state index is 0.00226. The first kappa shape index (κ1) is 15.4. The lowest BCUT2D eigenvalue weighted by Gasteiger charge is -2.40.